The maximum absolute atomic E-state index is 13.6. The minimum atomic E-state index is -3.02. The van der Waals surface area contributed by atoms with Crippen LogP contribution in [0.3, 0.4) is 0 Å². The zero-order valence-electron chi connectivity index (χ0n) is 14.2. The molecular formula is C18H26F2O3. The van der Waals surface area contributed by atoms with E-state index < -0.39 is 29.8 Å². The molecule has 0 fully saturated rings. The van der Waals surface area contributed by atoms with Crippen molar-refractivity contribution in [2.75, 3.05) is 6.61 Å². The Labute approximate surface area is 136 Å². The van der Waals surface area contributed by atoms with E-state index in [1.165, 1.54) is 0 Å². The summed E-state index contributed by atoms with van der Waals surface area (Å²) in [7, 11) is 0. The first-order valence-electron chi connectivity index (χ1n) is 8.05. The van der Waals surface area contributed by atoms with Gasteiger partial charge >= 0.3 is 5.97 Å². The summed E-state index contributed by atoms with van der Waals surface area (Å²) in [6, 6.07) is 6.86. The Hall–Kier alpha value is -1.49. The lowest BCUT2D eigenvalue weighted by molar-refractivity contribution is -0.178. The molecule has 0 aromatic heterocycles. The molecule has 1 N–H and O–H groups in total. The first-order chi connectivity index (χ1) is 10.8. The summed E-state index contributed by atoms with van der Waals surface area (Å²) in [5, 5.41) is 11.0. The van der Waals surface area contributed by atoms with Crippen molar-refractivity contribution >= 4 is 5.97 Å². The number of aliphatic hydroxyl groups is 1. The van der Waals surface area contributed by atoms with Gasteiger partial charge in [-0.15, -0.1) is 0 Å². The summed E-state index contributed by atoms with van der Waals surface area (Å²) in [5.74, 6) is -3.57. The van der Waals surface area contributed by atoms with Crippen LogP contribution in [0.25, 0.3) is 0 Å². The van der Waals surface area contributed by atoms with Gasteiger partial charge in [0.1, 0.15) is 5.60 Å². The van der Waals surface area contributed by atoms with Crippen molar-refractivity contribution in [3.8, 4) is 0 Å². The average molecular weight is 328 g/mol. The number of ether oxygens (including phenoxy) is 1. The van der Waals surface area contributed by atoms with Gasteiger partial charge in [0.25, 0.3) is 6.43 Å². The summed E-state index contributed by atoms with van der Waals surface area (Å²) in [6.07, 6.45) is -1.18. The zero-order chi connectivity index (χ0) is 17.6. The molecule has 2 atom stereocenters. The number of carbonyl (C=O) groups excluding carboxylic acids is 1. The van der Waals surface area contributed by atoms with Crippen molar-refractivity contribution in [2.24, 2.45) is 11.8 Å². The highest BCUT2D eigenvalue weighted by Crippen LogP contribution is 2.41. The Kier molecular flexibility index (Phi) is 7.13. The Bertz CT molecular complexity index is 499. The van der Waals surface area contributed by atoms with Crippen LogP contribution in [0.15, 0.2) is 24.3 Å². The van der Waals surface area contributed by atoms with Gasteiger partial charge < -0.3 is 9.84 Å². The Balaban J connectivity index is 3.30. The molecule has 0 saturated heterocycles. The van der Waals surface area contributed by atoms with Crippen molar-refractivity contribution < 1.29 is 23.4 Å². The third-order valence-electron chi connectivity index (χ3n) is 4.10. The minimum Gasteiger partial charge on any atom is -0.466 e. The van der Waals surface area contributed by atoms with Crippen molar-refractivity contribution in [2.45, 2.75) is 52.6 Å². The van der Waals surface area contributed by atoms with Crippen LogP contribution in [0.5, 0.6) is 0 Å². The number of hydrogen-bond acceptors (Lipinski definition) is 3. The molecule has 0 spiro atoms. The van der Waals surface area contributed by atoms with E-state index >= 15 is 0 Å². The van der Waals surface area contributed by atoms with Gasteiger partial charge in [-0.1, -0.05) is 51.5 Å². The van der Waals surface area contributed by atoms with Crippen LogP contribution < -0.4 is 0 Å². The molecule has 1 rings (SSSR count). The number of aryl methyl sites for hydroxylation is 1. The molecule has 130 valence electrons. The second kappa shape index (κ2) is 8.39. The molecule has 5 heteroatoms. The summed E-state index contributed by atoms with van der Waals surface area (Å²) < 4.78 is 31.9. The van der Waals surface area contributed by atoms with E-state index in [-0.39, 0.29) is 6.61 Å². The van der Waals surface area contributed by atoms with Crippen LogP contribution in [-0.4, -0.2) is 24.1 Å². The predicted molar refractivity (Wildman–Crippen MR) is 85.3 cm³/mol. The largest absolute Gasteiger partial charge is 0.466 e. The molecule has 0 heterocycles. The first-order valence-corrected chi connectivity index (χ1v) is 8.05. The van der Waals surface area contributed by atoms with Gasteiger partial charge in [0.05, 0.1) is 6.61 Å². The lowest BCUT2D eigenvalue weighted by Gasteiger charge is -2.38. The van der Waals surface area contributed by atoms with E-state index in [2.05, 4.69) is 0 Å². The van der Waals surface area contributed by atoms with Gasteiger partial charge in [-0.25, -0.2) is 8.78 Å². The molecule has 0 aliphatic rings. The molecule has 0 aliphatic carbocycles. The quantitative estimate of drug-likeness (QED) is 0.736. The van der Waals surface area contributed by atoms with Crippen LogP contribution in [-0.2, 0) is 21.6 Å². The van der Waals surface area contributed by atoms with Crippen molar-refractivity contribution in [1.29, 1.82) is 0 Å². The van der Waals surface area contributed by atoms with E-state index in [0.29, 0.717) is 5.56 Å². The Morgan fingerprint density at radius 3 is 2.17 bits per heavy atom. The second-order valence-electron chi connectivity index (χ2n) is 5.99. The normalized spacial score (nSPS) is 15.5. The van der Waals surface area contributed by atoms with Crippen LogP contribution in [0.2, 0.25) is 0 Å². The highest BCUT2D eigenvalue weighted by Gasteiger charge is 2.51. The summed E-state index contributed by atoms with van der Waals surface area (Å²) >= 11 is 0. The molecule has 0 bridgehead atoms. The standard InChI is InChI=1S/C18H26F2O3/c1-5-7-13-8-10-14(11-9-13)18(22,12(3)4)15(16(19)20)17(21)23-6-2/h8-12,15-16,22H,5-7H2,1-4H3. The van der Waals surface area contributed by atoms with Crippen molar-refractivity contribution in [3.05, 3.63) is 35.4 Å². The maximum atomic E-state index is 13.6. The second-order valence-corrected chi connectivity index (χ2v) is 5.99. The monoisotopic (exact) mass is 328 g/mol. The fraction of sp³-hybridized carbons (Fsp3) is 0.611. The van der Waals surface area contributed by atoms with Gasteiger partial charge in [0.15, 0.2) is 5.92 Å². The summed E-state index contributed by atoms with van der Waals surface area (Å²) in [5.41, 5.74) is -0.608. The molecule has 1 aromatic carbocycles. The van der Waals surface area contributed by atoms with E-state index in [4.69, 9.17) is 4.74 Å². The van der Waals surface area contributed by atoms with Gasteiger partial charge in [-0.05, 0) is 30.4 Å². The zero-order valence-corrected chi connectivity index (χ0v) is 14.2. The third-order valence-corrected chi connectivity index (χ3v) is 4.10. The molecule has 0 aliphatic heterocycles. The van der Waals surface area contributed by atoms with Crippen molar-refractivity contribution in [3.63, 3.8) is 0 Å². The average Bonchev–Trinajstić information content (AvgIpc) is 2.47. The topological polar surface area (TPSA) is 46.5 Å². The van der Waals surface area contributed by atoms with Crippen LogP contribution >= 0.6 is 0 Å². The van der Waals surface area contributed by atoms with Crippen LogP contribution in [0.1, 0.15) is 45.2 Å². The fourth-order valence-corrected chi connectivity index (χ4v) is 2.81. The summed E-state index contributed by atoms with van der Waals surface area (Å²) in [4.78, 5) is 12.0. The van der Waals surface area contributed by atoms with Gasteiger partial charge in [0.2, 0.25) is 0 Å². The first kappa shape index (κ1) is 19.6. The Morgan fingerprint density at radius 1 is 1.22 bits per heavy atom. The number of carbonyl (C=O) groups is 1. The number of halogens is 2. The van der Waals surface area contributed by atoms with Crippen LogP contribution in [0.4, 0.5) is 8.78 Å². The lowest BCUT2D eigenvalue weighted by Crippen LogP contribution is -2.48. The van der Waals surface area contributed by atoms with Crippen LogP contribution in [0, 0.1) is 11.8 Å². The van der Waals surface area contributed by atoms with E-state index in [1.807, 2.05) is 6.92 Å². The van der Waals surface area contributed by atoms with Gasteiger partial charge in [0, 0.05) is 0 Å². The van der Waals surface area contributed by atoms with Crippen molar-refractivity contribution in [1.82, 2.24) is 0 Å². The van der Waals surface area contributed by atoms with Gasteiger partial charge in [-0.2, -0.15) is 0 Å². The molecule has 1 aromatic rings. The highest BCUT2D eigenvalue weighted by atomic mass is 19.3. The molecule has 0 radical (unpaired) electrons. The molecule has 23 heavy (non-hydrogen) atoms. The molecule has 2 unspecified atom stereocenters. The summed E-state index contributed by atoms with van der Waals surface area (Å²) in [6.45, 7) is 6.83. The maximum Gasteiger partial charge on any atom is 0.318 e. The van der Waals surface area contributed by atoms with E-state index in [1.54, 1.807) is 45.0 Å². The molecule has 0 saturated carbocycles. The van der Waals surface area contributed by atoms with Gasteiger partial charge in [-0.3, -0.25) is 4.79 Å². The van der Waals surface area contributed by atoms with E-state index in [0.717, 1.165) is 18.4 Å². The molecule has 0 amide bonds. The number of benzene rings is 1. The Morgan fingerprint density at radius 2 is 1.78 bits per heavy atom. The smallest absolute Gasteiger partial charge is 0.318 e. The lowest BCUT2D eigenvalue weighted by atomic mass is 9.73. The minimum absolute atomic E-state index is 0.00827. The SMILES string of the molecule is CCCc1ccc(C(O)(C(C)C)C(C(=O)OCC)C(F)F)cc1. The molecular weight excluding hydrogens is 302 g/mol. The fourth-order valence-electron chi connectivity index (χ4n) is 2.81. The highest BCUT2D eigenvalue weighted by molar-refractivity contribution is 5.75. The predicted octanol–water partition coefficient (Wildman–Crippen LogP) is 3.93. The molecule has 3 nitrogen and oxygen atoms in total. The van der Waals surface area contributed by atoms with E-state index in [9.17, 15) is 18.7 Å². The number of alkyl halides is 2. The number of rotatable bonds is 8. The number of hydrogen-bond donors (Lipinski definition) is 1. The number of esters is 1. The third kappa shape index (κ3) is 4.28.